The number of nitrogens with two attached hydrogens (primary N) is 1. The third kappa shape index (κ3) is 3.84. The van der Waals surface area contributed by atoms with Gasteiger partial charge < -0.3 is 15.5 Å². The molecule has 0 atom stereocenters. The van der Waals surface area contributed by atoms with Crippen LogP contribution < -0.4 is 11.1 Å². The van der Waals surface area contributed by atoms with E-state index in [2.05, 4.69) is 30.5 Å². The van der Waals surface area contributed by atoms with Gasteiger partial charge in [0.25, 0.3) is 5.91 Å². The Balaban J connectivity index is 1.46. The number of anilines is 1. The number of aromatic nitrogens is 7. The molecule has 11 heteroatoms. The van der Waals surface area contributed by atoms with Crippen molar-refractivity contribution in [1.82, 2.24) is 39.7 Å². The number of nitrogens with zero attached hydrogens (tertiary/aromatic N) is 7. The van der Waals surface area contributed by atoms with E-state index in [0.717, 1.165) is 11.1 Å². The quantitative estimate of drug-likeness (QED) is 0.349. The predicted molar refractivity (Wildman–Crippen MR) is 133 cm³/mol. The van der Waals surface area contributed by atoms with Gasteiger partial charge in [-0.3, -0.25) is 9.78 Å². The maximum Gasteiger partial charge on any atom is 0.270 e. The third-order valence-electron chi connectivity index (χ3n) is 5.54. The molecule has 5 heterocycles. The van der Waals surface area contributed by atoms with Crippen LogP contribution in [0.1, 0.15) is 11.1 Å². The average Bonchev–Trinajstić information content (AvgIpc) is 3.67. The molecule has 3 N–H and O–H groups in total. The normalized spacial score (nSPS) is 11.8. The lowest BCUT2D eigenvalue weighted by atomic mass is 10.2. The van der Waals surface area contributed by atoms with Crippen molar-refractivity contribution in [2.45, 2.75) is 6.54 Å². The number of benzene rings is 1. The Kier molecular flexibility index (Phi) is 5.19. The zero-order chi connectivity index (χ0) is 24.5. The van der Waals surface area contributed by atoms with Crippen LogP contribution in [0.4, 0.5) is 5.95 Å². The molecule has 0 aliphatic heterocycles. The Bertz CT molecular complexity index is 1700. The van der Waals surface area contributed by atoms with Crippen LogP contribution in [-0.2, 0) is 11.3 Å². The molecule has 6 rings (SSSR count). The van der Waals surface area contributed by atoms with E-state index >= 15 is 0 Å². The summed E-state index contributed by atoms with van der Waals surface area (Å²) in [4.78, 5) is 26.5. The largest absolute Gasteiger partial charge is 0.461 e. The Labute approximate surface area is 203 Å². The maximum absolute atomic E-state index is 13.4. The highest BCUT2D eigenvalue weighted by atomic mass is 16.3. The molecule has 0 spiro atoms. The van der Waals surface area contributed by atoms with Gasteiger partial charge in [-0.1, -0.05) is 30.3 Å². The van der Waals surface area contributed by atoms with Gasteiger partial charge in [-0.25, -0.2) is 9.67 Å². The van der Waals surface area contributed by atoms with Crippen LogP contribution in [-0.4, -0.2) is 40.3 Å². The molecule has 0 unspecified atom stereocenters. The van der Waals surface area contributed by atoms with Crippen LogP contribution in [0.15, 0.2) is 83.9 Å². The first-order valence-electron chi connectivity index (χ1n) is 11.1. The van der Waals surface area contributed by atoms with Crippen molar-refractivity contribution in [2.75, 3.05) is 5.73 Å². The Morgan fingerprint density at radius 1 is 1.03 bits per heavy atom. The van der Waals surface area contributed by atoms with Crippen LogP contribution in [0, 0.1) is 0 Å². The zero-order valence-corrected chi connectivity index (χ0v) is 18.8. The highest BCUT2D eigenvalue weighted by Gasteiger charge is 2.21. The number of nitrogens with one attached hydrogen (secondary N) is 1. The minimum absolute atomic E-state index is 0.0980. The summed E-state index contributed by atoms with van der Waals surface area (Å²) < 4.78 is 8.31. The lowest BCUT2D eigenvalue weighted by Gasteiger charge is -2.11. The molecule has 176 valence electrons. The summed E-state index contributed by atoms with van der Waals surface area (Å²) >= 11 is 0. The maximum atomic E-state index is 13.4. The minimum atomic E-state index is -0.335. The topological polar surface area (TPSA) is 142 Å². The predicted octanol–water partition coefficient (Wildman–Crippen LogP) is 3.03. The van der Waals surface area contributed by atoms with Gasteiger partial charge >= 0.3 is 0 Å². The number of rotatable bonds is 6. The number of carbonyl (C=O) groups is 1. The molecule has 0 bridgehead atoms. The van der Waals surface area contributed by atoms with E-state index in [1.807, 2.05) is 42.5 Å². The monoisotopic (exact) mass is 477 g/mol. The van der Waals surface area contributed by atoms with Crippen LogP contribution >= 0.6 is 0 Å². The number of fused-ring (bicyclic) bond motifs is 3. The number of nitrogen functional groups attached to an aromatic ring is 1. The third-order valence-corrected chi connectivity index (χ3v) is 5.54. The lowest BCUT2D eigenvalue weighted by Crippen LogP contribution is -2.26. The summed E-state index contributed by atoms with van der Waals surface area (Å²) in [5, 5.41) is 12.4. The molecule has 0 aliphatic rings. The first-order valence-corrected chi connectivity index (χ1v) is 11.1. The molecule has 1 aromatic carbocycles. The molecular formula is C25H19N9O2. The second kappa shape index (κ2) is 8.80. The first kappa shape index (κ1) is 21.2. The molecule has 0 saturated heterocycles. The fourth-order valence-corrected chi connectivity index (χ4v) is 3.80. The number of furan rings is 1. The first-order chi connectivity index (χ1) is 17.7. The minimum Gasteiger partial charge on any atom is -0.461 e. The van der Waals surface area contributed by atoms with E-state index in [0.29, 0.717) is 34.8 Å². The summed E-state index contributed by atoms with van der Waals surface area (Å²) in [7, 11) is 0. The fourth-order valence-electron chi connectivity index (χ4n) is 3.80. The fraction of sp³-hybridized carbons (Fsp3) is 0.0400. The van der Waals surface area contributed by atoms with Crippen molar-refractivity contribution in [3.05, 3.63) is 90.6 Å². The number of hydrogen-bond acceptors (Lipinski definition) is 8. The summed E-state index contributed by atoms with van der Waals surface area (Å²) in [5.41, 5.74) is 9.07. The van der Waals surface area contributed by atoms with E-state index in [-0.39, 0.29) is 17.6 Å². The summed E-state index contributed by atoms with van der Waals surface area (Å²) in [5.74, 6) is 0.627. The van der Waals surface area contributed by atoms with Crippen molar-refractivity contribution >= 4 is 40.3 Å². The number of amides is 1. The number of carbonyl (C=O) groups excluding carboxylic acids is 1. The van der Waals surface area contributed by atoms with Gasteiger partial charge in [-0.2, -0.15) is 14.6 Å². The molecule has 0 radical (unpaired) electrons. The van der Waals surface area contributed by atoms with Gasteiger partial charge in [-0.15, -0.1) is 5.10 Å². The molecular weight excluding hydrogens is 458 g/mol. The molecule has 0 aliphatic carbocycles. The van der Waals surface area contributed by atoms with E-state index < -0.39 is 0 Å². The molecule has 11 nitrogen and oxygen atoms in total. The van der Waals surface area contributed by atoms with E-state index in [9.17, 15) is 4.79 Å². The summed E-state index contributed by atoms with van der Waals surface area (Å²) in [6.45, 7) is 0.323. The number of pyridine rings is 1. The van der Waals surface area contributed by atoms with Crippen molar-refractivity contribution in [3.8, 4) is 11.6 Å². The Morgan fingerprint density at radius 3 is 2.64 bits per heavy atom. The molecule has 0 fully saturated rings. The molecule has 36 heavy (non-hydrogen) atoms. The van der Waals surface area contributed by atoms with E-state index in [1.54, 1.807) is 43.1 Å². The van der Waals surface area contributed by atoms with Gasteiger partial charge in [-0.05, 0) is 41.5 Å². The second-order valence-corrected chi connectivity index (χ2v) is 7.89. The second-order valence-electron chi connectivity index (χ2n) is 7.89. The van der Waals surface area contributed by atoms with E-state index in [4.69, 9.17) is 10.2 Å². The van der Waals surface area contributed by atoms with Gasteiger partial charge in [0.05, 0.1) is 17.8 Å². The van der Waals surface area contributed by atoms with Crippen LogP contribution in [0.2, 0.25) is 0 Å². The zero-order valence-electron chi connectivity index (χ0n) is 18.8. The van der Waals surface area contributed by atoms with Gasteiger partial charge in [0, 0.05) is 18.9 Å². The van der Waals surface area contributed by atoms with Crippen LogP contribution in [0.5, 0.6) is 0 Å². The van der Waals surface area contributed by atoms with Crippen molar-refractivity contribution in [2.24, 2.45) is 0 Å². The van der Waals surface area contributed by atoms with Crippen molar-refractivity contribution in [1.29, 1.82) is 0 Å². The van der Waals surface area contributed by atoms with Gasteiger partial charge in [0.15, 0.2) is 17.1 Å². The molecule has 1 amide bonds. The molecule has 0 saturated carbocycles. The molecule has 5 aromatic heterocycles. The van der Waals surface area contributed by atoms with Crippen molar-refractivity contribution < 1.29 is 9.21 Å². The standard InChI is InChI=1S/C25H19N9O2/c26-25-31-23-18(22-30-21(32-34(22)25)20-7-4-12-36-20)15-29-33(23)19(13-16-5-2-1-3-6-16)24(35)28-14-17-8-10-27-11-9-17/h1-13,15H,14H2,(H2,26,31)(H,28,35)/b19-13+. The summed E-state index contributed by atoms with van der Waals surface area (Å²) in [6, 6.07) is 16.7. The van der Waals surface area contributed by atoms with Crippen LogP contribution in [0.25, 0.3) is 40.0 Å². The van der Waals surface area contributed by atoms with Crippen LogP contribution in [0.3, 0.4) is 0 Å². The SMILES string of the molecule is Nc1nc2c(cnn2/C(=C/c2ccccc2)C(=O)NCc2ccncc2)c2nc(-c3ccco3)nn12. The van der Waals surface area contributed by atoms with Crippen molar-refractivity contribution in [3.63, 3.8) is 0 Å². The number of hydrogen-bond donors (Lipinski definition) is 2. The average molecular weight is 477 g/mol. The van der Waals surface area contributed by atoms with Gasteiger partial charge in [0.2, 0.25) is 11.8 Å². The lowest BCUT2D eigenvalue weighted by molar-refractivity contribution is -0.116. The molecule has 6 aromatic rings. The highest BCUT2D eigenvalue weighted by molar-refractivity contribution is 6.19. The highest BCUT2D eigenvalue weighted by Crippen LogP contribution is 2.25. The Morgan fingerprint density at radius 2 is 1.86 bits per heavy atom. The van der Waals surface area contributed by atoms with Gasteiger partial charge in [0.1, 0.15) is 5.70 Å². The summed E-state index contributed by atoms with van der Waals surface area (Å²) in [6.07, 6.45) is 8.23. The smallest absolute Gasteiger partial charge is 0.270 e. The Hall–Kier alpha value is -5.32. The van der Waals surface area contributed by atoms with E-state index in [1.165, 1.54) is 9.20 Å².